The summed E-state index contributed by atoms with van der Waals surface area (Å²) in [6.07, 6.45) is 6.68. The summed E-state index contributed by atoms with van der Waals surface area (Å²) < 4.78 is 8.95. The fourth-order valence-electron chi connectivity index (χ4n) is 2.54. The van der Waals surface area contributed by atoms with E-state index in [2.05, 4.69) is 15.0 Å². The van der Waals surface area contributed by atoms with Crippen molar-refractivity contribution in [1.82, 2.24) is 24.1 Å². The molecule has 3 heterocycles. The van der Waals surface area contributed by atoms with Crippen LogP contribution in [0.1, 0.15) is 16.2 Å². The number of benzene rings is 1. The van der Waals surface area contributed by atoms with Crippen LogP contribution < -0.4 is 0 Å². The van der Waals surface area contributed by atoms with Gasteiger partial charge in [-0.25, -0.2) is 19.7 Å². The molecule has 4 rings (SSSR count). The lowest BCUT2D eigenvalue weighted by molar-refractivity contribution is 0.0459. The van der Waals surface area contributed by atoms with Crippen molar-refractivity contribution < 1.29 is 9.53 Å². The minimum atomic E-state index is -0.433. The van der Waals surface area contributed by atoms with Gasteiger partial charge >= 0.3 is 5.97 Å². The van der Waals surface area contributed by atoms with Crippen molar-refractivity contribution in [3.63, 3.8) is 0 Å². The molecule has 0 amide bonds. The number of hydrogen-bond donors (Lipinski definition) is 0. The zero-order chi connectivity index (χ0) is 17.2. The molecular formula is C18H15N5O2. The van der Waals surface area contributed by atoms with Crippen molar-refractivity contribution in [3.8, 4) is 5.82 Å². The summed E-state index contributed by atoms with van der Waals surface area (Å²) in [5, 5.41) is 0. The number of carbonyl (C=O) groups is 1. The fourth-order valence-corrected chi connectivity index (χ4v) is 2.54. The first-order chi connectivity index (χ1) is 12.2. The van der Waals surface area contributed by atoms with E-state index in [4.69, 9.17) is 4.74 Å². The van der Waals surface area contributed by atoms with Gasteiger partial charge in [-0.2, -0.15) is 0 Å². The predicted octanol–water partition coefficient (Wildman–Crippen LogP) is 2.51. The molecule has 0 radical (unpaired) electrons. The smallest absolute Gasteiger partial charge is 0.340 e. The number of hydrogen-bond acceptors (Lipinski definition) is 5. The second kappa shape index (κ2) is 6.20. The number of rotatable bonds is 4. The number of fused-ring (bicyclic) bond motifs is 1. The first-order valence-corrected chi connectivity index (χ1v) is 7.74. The second-order valence-corrected chi connectivity index (χ2v) is 5.54. The average Bonchev–Trinajstić information content (AvgIpc) is 3.26. The molecule has 7 nitrogen and oxygen atoms in total. The van der Waals surface area contributed by atoms with Gasteiger partial charge in [0.05, 0.1) is 16.6 Å². The van der Waals surface area contributed by atoms with Crippen LogP contribution in [0.15, 0.2) is 61.3 Å². The van der Waals surface area contributed by atoms with Crippen LogP contribution in [-0.4, -0.2) is 30.1 Å². The molecule has 0 aliphatic heterocycles. The van der Waals surface area contributed by atoms with E-state index in [1.807, 2.05) is 35.9 Å². The van der Waals surface area contributed by atoms with E-state index in [9.17, 15) is 4.79 Å². The van der Waals surface area contributed by atoms with E-state index in [0.29, 0.717) is 17.2 Å². The van der Waals surface area contributed by atoms with Crippen LogP contribution in [0.4, 0.5) is 0 Å². The van der Waals surface area contributed by atoms with Gasteiger partial charge < -0.3 is 9.30 Å². The Balaban J connectivity index is 1.52. The van der Waals surface area contributed by atoms with E-state index >= 15 is 0 Å². The lowest BCUT2D eigenvalue weighted by Gasteiger charge is -2.06. The van der Waals surface area contributed by atoms with Crippen molar-refractivity contribution >= 4 is 17.0 Å². The van der Waals surface area contributed by atoms with Crippen molar-refractivity contribution in [2.45, 2.75) is 6.61 Å². The Morgan fingerprint density at radius 3 is 2.76 bits per heavy atom. The Labute approximate surface area is 143 Å². The van der Waals surface area contributed by atoms with Crippen LogP contribution in [0.25, 0.3) is 16.9 Å². The number of aromatic nitrogens is 5. The summed E-state index contributed by atoms with van der Waals surface area (Å²) in [5.41, 5.74) is 2.24. The maximum Gasteiger partial charge on any atom is 0.340 e. The molecule has 7 heteroatoms. The fraction of sp³-hybridized carbons (Fsp3) is 0.111. The highest BCUT2D eigenvalue weighted by molar-refractivity contribution is 5.89. The van der Waals surface area contributed by atoms with Gasteiger partial charge in [0, 0.05) is 25.6 Å². The van der Waals surface area contributed by atoms with Crippen molar-refractivity contribution in [2.75, 3.05) is 0 Å². The largest absolute Gasteiger partial charge is 0.454 e. The zero-order valence-electron chi connectivity index (χ0n) is 13.5. The second-order valence-electron chi connectivity index (χ2n) is 5.54. The third kappa shape index (κ3) is 2.87. The SMILES string of the molecule is Cn1ccnc1COC(=O)c1ccc(-n2cnc3ccccc32)nc1. The molecule has 0 aliphatic carbocycles. The van der Waals surface area contributed by atoms with Gasteiger partial charge in [-0.3, -0.25) is 4.57 Å². The number of ether oxygens (including phenoxy) is 1. The summed E-state index contributed by atoms with van der Waals surface area (Å²) >= 11 is 0. The van der Waals surface area contributed by atoms with Gasteiger partial charge in [-0.1, -0.05) is 12.1 Å². The molecular weight excluding hydrogens is 318 g/mol. The Morgan fingerprint density at radius 1 is 1.12 bits per heavy atom. The number of imidazole rings is 2. The number of nitrogens with zero attached hydrogens (tertiary/aromatic N) is 5. The average molecular weight is 333 g/mol. The van der Waals surface area contributed by atoms with E-state index < -0.39 is 5.97 Å². The van der Waals surface area contributed by atoms with Gasteiger partial charge in [0.15, 0.2) is 0 Å². The Hall–Kier alpha value is -3.48. The summed E-state index contributed by atoms with van der Waals surface area (Å²) in [4.78, 5) is 25.0. The number of aryl methyl sites for hydroxylation is 1. The molecule has 25 heavy (non-hydrogen) atoms. The first-order valence-electron chi connectivity index (χ1n) is 7.74. The lowest BCUT2D eigenvalue weighted by atomic mass is 10.3. The van der Waals surface area contributed by atoms with Crippen molar-refractivity contribution in [2.24, 2.45) is 7.05 Å². The molecule has 0 aliphatic rings. The molecule has 0 atom stereocenters. The van der Waals surface area contributed by atoms with Crippen LogP contribution in [0, 0.1) is 0 Å². The van der Waals surface area contributed by atoms with Gasteiger partial charge in [0.25, 0.3) is 0 Å². The highest BCUT2D eigenvalue weighted by Gasteiger charge is 2.11. The minimum Gasteiger partial charge on any atom is -0.454 e. The van der Waals surface area contributed by atoms with Crippen molar-refractivity contribution in [3.05, 3.63) is 72.7 Å². The normalized spacial score (nSPS) is 10.9. The Bertz CT molecular complexity index is 1030. The number of esters is 1. The molecule has 0 N–H and O–H groups in total. The summed E-state index contributed by atoms with van der Waals surface area (Å²) in [6, 6.07) is 11.3. The Kier molecular flexibility index (Phi) is 3.74. The number of para-hydroxylation sites is 2. The highest BCUT2D eigenvalue weighted by atomic mass is 16.5. The molecule has 0 unspecified atom stereocenters. The maximum atomic E-state index is 12.1. The topological polar surface area (TPSA) is 74.8 Å². The van der Waals surface area contributed by atoms with Crippen LogP contribution in [0.3, 0.4) is 0 Å². The number of pyridine rings is 1. The van der Waals surface area contributed by atoms with Crippen LogP contribution in [0.5, 0.6) is 0 Å². The van der Waals surface area contributed by atoms with Crippen LogP contribution >= 0.6 is 0 Å². The molecule has 0 saturated carbocycles. The van der Waals surface area contributed by atoms with Gasteiger partial charge in [-0.05, 0) is 24.3 Å². The molecule has 124 valence electrons. The lowest BCUT2D eigenvalue weighted by Crippen LogP contribution is -2.09. The van der Waals surface area contributed by atoms with E-state index in [0.717, 1.165) is 11.0 Å². The molecule has 4 aromatic rings. The summed E-state index contributed by atoms with van der Waals surface area (Å²) in [7, 11) is 1.85. The van der Waals surface area contributed by atoms with Crippen LogP contribution in [-0.2, 0) is 18.4 Å². The van der Waals surface area contributed by atoms with Crippen molar-refractivity contribution in [1.29, 1.82) is 0 Å². The summed E-state index contributed by atoms with van der Waals surface area (Å²) in [6.45, 7) is 0.121. The summed E-state index contributed by atoms with van der Waals surface area (Å²) in [5.74, 6) is 0.940. The molecule has 0 saturated heterocycles. The van der Waals surface area contributed by atoms with E-state index in [-0.39, 0.29) is 6.61 Å². The standard InChI is InChI=1S/C18H15N5O2/c1-22-9-8-19-17(22)11-25-18(24)13-6-7-16(20-10-13)23-12-21-14-4-2-3-5-15(14)23/h2-10,12H,11H2,1H3. The Morgan fingerprint density at radius 2 is 2.00 bits per heavy atom. The third-order valence-electron chi connectivity index (χ3n) is 3.94. The predicted molar refractivity (Wildman–Crippen MR) is 91.2 cm³/mol. The van der Waals surface area contributed by atoms with E-state index in [1.165, 1.54) is 6.20 Å². The molecule has 0 fully saturated rings. The monoisotopic (exact) mass is 333 g/mol. The molecule has 0 bridgehead atoms. The van der Waals surface area contributed by atoms with Gasteiger partial charge in [0.2, 0.25) is 0 Å². The minimum absolute atomic E-state index is 0.121. The molecule has 1 aromatic carbocycles. The quantitative estimate of drug-likeness (QED) is 0.537. The third-order valence-corrected chi connectivity index (χ3v) is 3.94. The first kappa shape index (κ1) is 15.1. The molecule has 3 aromatic heterocycles. The number of carbonyl (C=O) groups excluding carboxylic acids is 1. The van der Waals surface area contributed by atoms with Gasteiger partial charge in [-0.15, -0.1) is 0 Å². The highest BCUT2D eigenvalue weighted by Crippen LogP contribution is 2.16. The van der Waals surface area contributed by atoms with Crippen LogP contribution in [0.2, 0.25) is 0 Å². The van der Waals surface area contributed by atoms with E-state index in [1.54, 1.807) is 35.4 Å². The maximum absolute atomic E-state index is 12.1. The zero-order valence-corrected chi connectivity index (χ0v) is 13.5. The van der Waals surface area contributed by atoms with Gasteiger partial charge in [0.1, 0.15) is 24.6 Å². The molecule has 0 spiro atoms.